The van der Waals surface area contributed by atoms with Gasteiger partial charge >= 0.3 is 0 Å². The number of methoxy groups -OCH3 is 1. The lowest BCUT2D eigenvalue weighted by molar-refractivity contribution is 0.402. The first-order valence-electron chi connectivity index (χ1n) is 7.01. The Kier molecular flexibility index (Phi) is 4.33. The van der Waals surface area contributed by atoms with Crippen LogP contribution >= 0.6 is 27.5 Å². The third-order valence-corrected chi connectivity index (χ3v) is 6.53. The van der Waals surface area contributed by atoms with Crippen molar-refractivity contribution in [2.24, 2.45) is 0 Å². The van der Waals surface area contributed by atoms with Crippen molar-refractivity contribution in [3.05, 3.63) is 51.5 Å². The summed E-state index contributed by atoms with van der Waals surface area (Å²) in [6, 6.07) is 10.0. The molecule has 0 amide bonds. The number of nitrogens with zero attached hydrogens (tertiary/aromatic N) is 1. The van der Waals surface area contributed by atoms with Crippen molar-refractivity contribution in [2.45, 2.75) is 24.3 Å². The highest BCUT2D eigenvalue weighted by Gasteiger charge is 2.37. The smallest absolute Gasteiger partial charge is 0.268 e. The predicted molar refractivity (Wildman–Crippen MR) is 95.0 cm³/mol. The van der Waals surface area contributed by atoms with E-state index in [1.54, 1.807) is 12.1 Å². The van der Waals surface area contributed by atoms with Crippen molar-refractivity contribution < 1.29 is 13.2 Å². The summed E-state index contributed by atoms with van der Waals surface area (Å²) in [6.45, 7) is 1.89. The summed E-state index contributed by atoms with van der Waals surface area (Å²) >= 11 is 9.43. The molecule has 122 valence electrons. The molecule has 0 N–H and O–H groups in total. The van der Waals surface area contributed by atoms with Gasteiger partial charge in [0.25, 0.3) is 10.0 Å². The first-order chi connectivity index (χ1) is 10.8. The molecule has 3 rings (SSSR count). The lowest BCUT2D eigenvalue weighted by Gasteiger charge is -2.25. The summed E-state index contributed by atoms with van der Waals surface area (Å²) in [5.41, 5.74) is 1.69. The number of sulfonamides is 1. The molecule has 1 aliphatic heterocycles. The maximum atomic E-state index is 13.2. The average Bonchev–Trinajstić information content (AvgIpc) is 2.82. The van der Waals surface area contributed by atoms with Gasteiger partial charge in [0.2, 0.25) is 0 Å². The predicted octanol–water partition coefficient (Wildman–Crippen LogP) is 4.25. The van der Waals surface area contributed by atoms with Crippen molar-refractivity contribution >= 4 is 43.2 Å². The Morgan fingerprint density at radius 2 is 2.00 bits per heavy atom. The fourth-order valence-corrected chi connectivity index (χ4v) is 5.42. The molecular formula is C16H15BrClNO3S. The minimum atomic E-state index is -3.77. The number of hydrogen-bond acceptors (Lipinski definition) is 3. The molecular weight excluding hydrogens is 402 g/mol. The van der Waals surface area contributed by atoms with E-state index >= 15 is 0 Å². The molecule has 0 aliphatic carbocycles. The van der Waals surface area contributed by atoms with Crippen LogP contribution in [-0.2, 0) is 16.4 Å². The minimum absolute atomic E-state index is 0.0788. The quantitative estimate of drug-likeness (QED) is 0.751. The topological polar surface area (TPSA) is 46.6 Å². The molecule has 1 heterocycles. The summed E-state index contributed by atoms with van der Waals surface area (Å²) in [7, 11) is -2.33. The van der Waals surface area contributed by atoms with E-state index in [1.165, 1.54) is 17.5 Å². The first-order valence-corrected chi connectivity index (χ1v) is 9.62. The number of benzene rings is 2. The summed E-state index contributed by atoms with van der Waals surface area (Å²) in [5, 5.41) is 0.354. The van der Waals surface area contributed by atoms with Crippen LogP contribution in [-0.4, -0.2) is 21.6 Å². The zero-order valence-electron chi connectivity index (χ0n) is 12.6. The SMILES string of the molecule is COc1ccc(Cl)cc1S(=O)(=O)N1c2ccc(Br)cc2C[C@H]1C. The van der Waals surface area contributed by atoms with E-state index in [4.69, 9.17) is 16.3 Å². The van der Waals surface area contributed by atoms with Gasteiger partial charge in [-0.2, -0.15) is 0 Å². The Morgan fingerprint density at radius 3 is 2.70 bits per heavy atom. The second-order valence-corrected chi connectivity index (χ2v) is 8.56. The van der Waals surface area contributed by atoms with Gasteiger partial charge < -0.3 is 4.74 Å². The van der Waals surface area contributed by atoms with Gasteiger partial charge in [-0.25, -0.2) is 8.42 Å². The Hall–Kier alpha value is -1.24. The Morgan fingerprint density at radius 1 is 1.26 bits per heavy atom. The molecule has 1 atom stereocenters. The zero-order chi connectivity index (χ0) is 16.8. The van der Waals surface area contributed by atoms with Gasteiger partial charge in [-0.3, -0.25) is 4.31 Å². The van der Waals surface area contributed by atoms with E-state index in [0.717, 1.165) is 10.0 Å². The van der Waals surface area contributed by atoms with Gasteiger partial charge in [0.15, 0.2) is 0 Å². The summed E-state index contributed by atoms with van der Waals surface area (Å²) in [5.74, 6) is 0.284. The third-order valence-electron chi connectivity index (χ3n) is 3.86. The van der Waals surface area contributed by atoms with Gasteiger partial charge in [-0.15, -0.1) is 0 Å². The molecule has 0 radical (unpaired) electrons. The number of ether oxygens (including phenoxy) is 1. The van der Waals surface area contributed by atoms with E-state index in [9.17, 15) is 8.42 Å². The van der Waals surface area contributed by atoms with Gasteiger partial charge in [-0.05, 0) is 55.3 Å². The fraction of sp³-hybridized carbons (Fsp3) is 0.250. The van der Waals surface area contributed by atoms with Crippen LogP contribution in [0.5, 0.6) is 5.75 Å². The molecule has 4 nitrogen and oxygen atoms in total. The molecule has 0 fully saturated rings. The van der Waals surface area contributed by atoms with Crippen LogP contribution in [0.4, 0.5) is 5.69 Å². The van der Waals surface area contributed by atoms with Crippen LogP contribution in [0, 0.1) is 0 Å². The van der Waals surface area contributed by atoms with Gasteiger partial charge in [0.05, 0.1) is 12.8 Å². The van der Waals surface area contributed by atoms with E-state index in [2.05, 4.69) is 15.9 Å². The van der Waals surface area contributed by atoms with E-state index in [0.29, 0.717) is 17.1 Å². The second-order valence-electron chi connectivity index (χ2n) is 5.42. The van der Waals surface area contributed by atoms with Crippen molar-refractivity contribution in [3.8, 4) is 5.75 Å². The number of fused-ring (bicyclic) bond motifs is 1. The molecule has 0 unspecified atom stereocenters. The summed E-state index contributed by atoms with van der Waals surface area (Å²) in [4.78, 5) is 0.0788. The van der Waals surface area contributed by atoms with Gasteiger partial charge in [0.1, 0.15) is 10.6 Å². The van der Waals surface area contributed by atoms with Crippen LogP contribution < -0.4 is 9.04 Å². The van der Waals surface area contributed by atoms with Crippen LogP contribution in [0.2, 0.25) is 5.02 Å². The normalized spacial score (nSPS) is 17.2. The molecule has 0 aromatic heterocycles. The Bertz CT molecular complexity index is 870. The van der Waals surface area contributed by atoms with Crippen molar-refractivity contribution in [2.75, 3.05) is 11.4 Å². The van der Waals surface area contributed by atoms with E-state index < -0.39 is 10.0 Å². The second kappa shape index (κ2) is 6.00. The number of anilines is 1. The Balaban J connectivity index is 2.17. The monoisotopic (exact) mass is 415 g/mol. The van der Waals surface area contributed by atoms with Crippen LogP contribution in [0.25, 0.3) is 0 Å². The maximum Gasteiger partial charge on any atom is 0.268 e. The van der Waals surface area contributed by atoms with Crippen molar-refractivity contribution in [3.63, 3.8) is 0 Å². The summed E-state index contributed by atoms with van der Waals surface area (Å²) < 4.78 is 34.0. The average molecular weight is 417 g/mol. The fourth-order valence-electron chi connectivity index (χ4n) is 2.90. The van der Waals surface area contributed by atoms with Crippen LogP contribution in [0.1, 0.15) is 12.5 Å². The highest BCUT2D eigenvalue weighted by molar-refractivity contribution is 9.10. The Labute approximate surface area is 149 Å². The van der Waals surface area contributed by atoms with Crippen molar-refractivity contribution in [1.82, 2.24) is 0 Å². The molecule has 2 aromatic carbocycles. The van der Waals surface area contributed by atoms with Crippen molar-refractivity contribution in [1.29, 1.82) is 0 Å². The molecule has 1 aliphatic rings. The van der Waals surface area contributed by atoms with E-state index in [1.807, 2.05) is 25.1 Å². The highest BCUT2D eigenvalue weighted by Crippen LogP contribution is 2.40. The lowest BCUT2D eigenvalue weighted by Crippen LogP contribution is -2.35. The number of halogens is 2. The van der Waals surface area contributed by atoms with E-state index in [-0.39, 0.29) is 16.7 Å². The van der Waals surface area contributed by atoms with Crippen LogP contribution in [0.3, 0.4) is 0 Å². The van der Waals surface area contributed by atoms with Gasteiger partial charge in [-0.1, -0.05) is 27.5 Å². The highest BCUT2D eigenvalue weighted by atomic mass is 79.9. The maximum absolute atomic E-state index is 13.2. The van der Waals surface area contributed by atoms with Crippen LogP contribution in [0.15, 0.2) is 45.8 Å². The lowest BCUT2D eigenvalue weighted by atomic mass is 10.1. The molecule has 7 heteroatoms. The zero-order valence-corrected chi connectivity index (χ0v) is 15.7. The standard InChI is InChI=1S/C16H15BrClNO3S/c1-10-7-11-8-12(17)3-5-14(11)19(10)23(20,21)16-9-13(18)4-6-15(16)22-2/h3-6,8-10H,7H2,1-2H3/t10-/m1/s1. The molecule has 0 saturated carbocycles. The summed E-state index contributed by atoms with van der Waals surface area (Å²) in [6.07, 6.45) is 0.664. The largest absolute Gasteiger partial charge is 0.495 e. The number of rotatable bonds is 3. The minimum Gasteiger partial charge on any atom is -0.495 e. The van der Waals surface area contributed by atoms with Gasteiger partial charge in [0, 0.05) is 15.5 Å². The molecule has 0 saturated heterocycles. The number of hydrogen-bond donors (Lipinski definition) is 0. The molecule has 23 heavy (non-hydrogen) atoms. The molecule has 0 bridgehead atoms. The first kappa shape index (κ1) is 16.6. The molecule has 2 aromatic rings. The third kappa shape index (κ3) is 2.84. The molecule has 0 spiro atoms.